The number of amides is 2. The van der Waals surface area contributed by atoms with Crippen molar-refractivity contribution < 1.29 is 23.5 Å². The van der Waals surface area contributed by atoms with Crippen LogP contribution in [0.1, 0.15) is 0 Å². The molecule has 7 nitrogen and oxygen atoms in total. The third-order valence-corrected chi connectivity index (χ3v) is 5.29. The summed E-state index contributed by atoms with van der Waals surface area (Å²) >= 11 is 0.930. The van der Waals surface area contributed by atoms with E-state index in [0.717, 1.165) is 22.3 Å². The zero-order chi connectivity index (χ0) is 18.7. The molecule has 0 N–H and O–H groups in total. The first-order valence-electron chi connectivity index (χ1n) is 8.27. The van der Waals surface area contributed by atoms with Crippen molar-refractivity contribution in [3.63, 3.8) is 0 Å². The molecule has 3 rings (SSSR count). The largest absolute Gasteiger partial charge is 0.494 e. The Balaban J connectivity index is 1.52. The van der Waals surface area contributed by atoms with Crippen molar-refractivity contribution in [2.45, 2.75) is 0 Å². The maximum atomic E-state index is 13.3. The second-order valence-electron chi connectivity index (χ2n) is 6.15. The van der Waals surface area contributed by atoms with Gasteiger partial charge in [0.1, 0.15) is 11.6 Å². The van der Waals surface area contributed by atoms with Gasteiger partial charge in [-0.15, -0.1) is 0 Å². The zero-order valence-electron chi connectivity index (χ0n) is 14.4. The fourth-order valence-electron chi connectivity index (χ4n) is 3.07. The summed E-state index contributed by atoms with van der Waals surface area (Å²) < 4.78 is 18.6. The number of ether oxygens (including phenoxy) is 1. The minimum Gasteiger partial charge on any atom is -0.494 e. The lowest BCUT2D eigenvalue weighted by Crippen LogP contribution is -2.49. The fraction of sp³-hybridized carbons (Fsp3) is 0.471. The van der Waals surface area contributed by atoms with Crippen molar-refractivity contribution in [1.29, 1.82) is 0 Å². The van der Waals surface area contributed by atoms with E-state index in [4.69, 9.17) is 4.74 Å². The average Bonchev–Trinajstić information content (AvgIpc) is 2.94. The average molecular weight is 381 g/mol. The molecule has 1 aromatic rings. The van der Waals surface area contributed by atoms with Gasteiger partial charge in [-0.05, 0) is 12.1 Å². The van der Waals surface area contributed by atoms with Crippen LogP contribution < -0.4 is 9.64 Å². The van der Waals surface area contributed by atoms with E-state index in [0.29, 0.717) is 31.9 Å². The van der Waals surface area contributed by atoms with E-state index in [-0.39, 0.29) is 41.6 Å². The number of hydrogen-bond acceptors (Lipinski definition) is 7. The first-order chi connectivity index (χ1) is 12.5. The molecule has 1 aromatic carbocycles. The summed E-state index contributed by atoms with van der Waals surface area (Å²) in [5.74, 6) is -0.203. The molecule has 0 aromatic heterocycles. The van der Waals surface area contributed by atoms with Crippen molar-refractivity contribution in [3.05, 3.63) is 24.0 Å². The normalized spacial score (nSPS) is 18.5. The third kappa shape index (κ3) is 4.16. The van der Waals surface area contributed by atoms with Gasteiger partial charge in [0, 0.05) is 32.2 Å². The van der Waals surface area contributed by atoms with Gasteiger partial charge < -0.3 is 9.64 Å². The molecule has 0 spiro atoms. The van der Waals surface area contributed by atoms with Crippen LogP contribution in [0.25, 0.3) is 0 Å². The predicted molar refractivity (Wildman–Crippen MR) is 96.2 cm³/mol. The minimum atomic E-state index is -0.350. The van der Waals surface area contributed by atoms with Gasteiger partial charge in [0.2, 0.25) is 5.91 Å². The number of hydrogen-bond donors (Lipinski definition) is 0. The molecule has 2 heterocycles. The lowest BCUT2D eigenvalue weighted by molar-refractivity contribution is -0.130. The maximum Gasteiger partial charge on any atom is 0.289 e. The Morgan fingerprint density at radius 2 is 1.92 bits per heavy atom. The molecule has 2 fully saturated rings. The number of piperazine rings is 1. The van der Waals surface area contributed by atoms with Crippen LogP contribution in [-0.2, 0) is 9.59 Å². The van der Waals surface area contributed by atoms with Gasteiger partial charge in [0.05, 0.1) is 31.6 Å². The predicted octanol–water partition coefficient (Wildman–Crippen LogP) is 1.22. The number of imide groups is 1. The van der Waals surface area contributed by atoms with Crippen LogP contribution in [0.15, 0.2) is 18.2 Å². The molecule has 140 valence electrons. The number of halogens is 1. The number of methoxy groups -OCH3 is 1. The smallest absolute Gasteiger partial charge is 0.289 e. The van der Waals surface area contributed by atoms with Crippen LogP contribution in [-0.4, -0.2) is 78.9 Å². The first-order valence-corrected chi connectivity index (χ1v) is 9.26. The SMILES string of the molecule is COc1cc(F)ccc1N1CCN(CC(=O)CN2C(=O)CSC2=O)CC1. The number of carbonyl (C=O) groups excluding carboxylic acids is 3. The molecule has 0 unspecified atom stereocenters. The van der Waals surface area contributed by atoms with Gasteiger partial charge in [-0.1, -0.05) is 11.8 Å². The van der Waals surface area contributed by atoms with Crippen LogP contribution in [0, 0.1) is 5.82 Å². The molecule has 2 aliphatic rings. The first kappa shape index (κ1) is 18.7. The van der Waals surface area contributed by atoms with Gasteiger partial charge >= 0.3 is 0 Å². The monoisotopic (exact) mass is 381 g/mol. The number of anilines is 1. The Bertz CT molecular complexity index is 706. The molecular formula is C17H20FN3O4S. The zero-order valence-corrected chi connectivity index (χ0v) is 15.3. The Morgan fingerprint density at radius 3 is 2.54 bits per heavy atom. The van der Waals surface area contributed by atoms with Crippen molar-refractivity contribution in [1.82, 2.24) is 9.80 Å². The Kier molecular flexibility index (Phi) is 5.77. The lowest BCUT2D eigenvalue weighted by atomic mass is 10.2. The Morgan fingerprint density at radius 1 is 1.19 bits per heavy atom. The van der Waals surface area contributed by atoms with Gasteiger partial charge in [-0.2, -0.15) is 0 Å². The number of benzene rings is 1. The molecule has 2 amide bonds. The van der Waals surface area contributed by atoms with Crippen LogP contribution in [0.5, 0.6) is 5.75 Å². The lowest BCUT2D eigenvalue weighted by Gasteiger charge is -2.36. The maximum absolute atomic E-state index is 13.3. The highest BCUT2D eigenvalue weighted by Gasteiger charge is 2.32. The van der Waals surface area contributed by atoms with E-state index in [1.165, 1.54) is 19.2 Å². The summed E-state index contributed by atoms with van der Waals surface area (Å²) in [6.07, 6.45) is 0. The van der Waals surface area contributed by atoms with Crippen LogP contribution in [0.4, 0.5) is 14.9 Å². The Hall–Kier alpha value is -2.13. The number of Topliss-reactive ketones (excluding diaryl/α,β-unsaturated/α-hetero) is 1. The van der Waals surface area contributed by atoms with E-state index in [1.54, 1.807) is 6.07 Å². The van der Waals surface area contributed by atoms with Crippen LogP contribution >= 0.6 is 11.8 Å². The summed E-state index contributed by atoms with van der Waals surface area (Å²) in [6.45, 7) is 2.71. The summed E-state index contributed by atoms with van der Waals surface area (Å²) in [4.78, 5) is 40.4. The Labute approximate surface area is 155 Å². The van der Waals surface area contributed by atoms with Gasteiger partial charge in [0.25, 0.3) is 5.24 Å². The molecule has 0 saturated carbocycles. The number of ketones is 1. The van der Waals surface area contributed by atoms with Crippen molar-refractivity contribution in [3.8, 4) is 5.75 Å². The fourth-order valence-corrected chi connectivity index (χ4v) is 3.79. The molecule has 0 aliphatic carbocycles. The van der Waals surface area contributed by atoms with Crippen molar-refractivity contribution in [2.75, 3.05) is 57.0 Å². The molecule has 26 heavy (non-hydrogen) atoms. The summed E-state index contributed by atoms with van der Waals surface area (Å²) in [6, 6.07) is 4.44. The van der Waals surface area contributed by atoms with Gasteiger partial charge in [-0.25, -0.2) is 4.39 Å². The number of nitrogens with zero attached hydrogens (tertiary/aromatic N) is 3. The highest BCUT2D eigenvalue weighted by Crippen LogP contribution is 2.29. The molecule has 9 heteroatoms. The van der Waals surface area contributed by atoms with Crippen molar-refractivity contribution >= 4 is 34.4 Å². The van der Waals surface area contributed by atoms with Gasteiger partial charge in [0.15, 0.2) is 5.78 Å². The topological polar surface area (TPSA) is 70.2 Å². The summed E-state index contributed by atoms with van der Waals surface area (Å²) in [7, 11) is 1.51. The number of rotatable bonds is 6. The molecule has 0 radical (unpaired) electrons. The van der Waals surface area contributed by atoms with E-state index in [1.807, 2.05) is 4.90 Å². The minimum absolute atomic E-state index is 0.115. The summed E-state index contributed by atoms with van der Waals surface area (Å²) in [5, 5.41) is -0.350. The molecule has 0 atom stereocenters. The highest BCUT2D eigenvalue weighted by molar-refractivity contribution is 8.14. The van der Waals surface area contributed by atoms with Crippen LogP contribution in [0.3, 0.4) is 0 Å². The molecule has 0 bridgehead atoms. The van der Waals surface area contributed by atoms with E-state index in [2.05, 4.69) is 4.90 Å². The second-order valence-corrected chi connectivity index (χ2v) is 7.08. The molecule has 2 saturated heterocycles. The quantitative estimate of drug-likeness (QED) is 0.734. The standard InChI is InChI=1S/C17H20FN3O4S/c1-25-15-8-12(18)2-3-14(15)20-6-4-19(5-7-20)9-13(22)10-21-16(23)11-26-17(21)24/h2-3,8H,4-7,9-11H2,1H3. The van der Waals surface area contributed by atoms with Gasteiger partial charge in [-0.3, -0.25) is 24.2 Å². The molecule has 2 aliphatic heterocycles. The highest BCUT2D eigenvalue weighted by atomic mass is 32.2. The van der Waals surface area contributed by atoms with E-state index >= 15 is 0 Å². The van der Waals surface area contributed by atoms with Crippen LogP contribution in [0.2, 0.25) is 0 Å². The number of carbonyl (C=O) groups is 3. The summed E-state index contributed by atoms with van der Waals surface area (Å²) in [5.41, 5.74) is 0.824. The third-order valence-electron chi connectivity index (χ3n) is 4.43. The second kappa shape index (κ2) is 8.05. The van der Waals surface area contributed by atoms with Crippen molar-refractivity contribution in [2.24, 2.45) is 0 Å². The number of thioether (sulfide) groups is 1. The van der Waals surface area contributed by atoms with E-state index in [9.17, 15) is 18.8 Å². The van der Waals surface area contributed by atoms with E-state index < -0.39 is 0 Å². The molecular weight excluding hydrogens is 361 g/mol.